The van der Waals surface area contributed by atoms with Crippen LogP contribution >= 0.6 is 0 Å². The van der Waals surface area contributed by atoms with Crippen molar-refractivity contribution in [3.05, 3.63) is 0 Å². The molecule has 0 unspecified atom stereocenters. The number of hydrogen-bond donors (Lipinski definition) is 7. The zero-order valence-corrected chi connectivity index (χ0v) is 10.5. The first-order valence-electron chi connectivity index (χ1n) is 5.25. The van der Waals surface area contributed by atoms with Gasteiger partial charge in [0.25, 0.3) is 0 Å². The van der Waals surface area contributed by atoms with Gasteiger partial charge in [0.1, 0.15) is 24.4 Å². The molecule has 120 valence electrons. The number of rotatable bonds is 7. The van der Waals surface area contributed by atoms with Gasteiger partial charge in [-0.15, -0.1) is 0 Å². The van der Waals surface area contributed by atoms with E-state index in [-0.39, 0.29) is 18.9 Å². The molecule has 0 aliphatic carbocycles. The fourth-order valence-electron chi connectivity index (χ4n) is 0.285. The third-order valence-corrected chi connectivity index (χ3v) is 1.41. The molecule has 4 atom stereocenters. The SMILES string of the molecule is O=C[C@@H](O)CO.O=C[C@H](O)CO.O=C[C@H](O)[C@@H](O)CO. The second kappa shape index (κ2) is 17.7. The Bertz CT molecular complexity index is 220. The highest BCUT2D eigenvalue weighted by Gasteiger charge is 2.12. The van der Waals surface area contributed by atoms with Gasteiger partial charge in [0.05, 0.1) is 19.8 Å². The number of aliphatic hydroxyl groups is 7. The molecule has 0 aromatic carbocycles. The van der Waals surface area contributed by atoms with Crippen LogP contribution in [0.4, 0.5) is 0 Å². The van der Waals surface area contributed by atoms with E-state index < -0.39 is 44.2 Å². The molecule has 0 bridgehead atoms. The van der Waals surface area contributed by atoms with E-state index in [1.54, 1.807) is 0 Å². The number of carbonyl (C=O) groups excluding carboxylic acids is 3. The molecule has 0 aliphatic heterocycles. The van der Waals surface area contributed by atoms with Gasteiger partial charge in [-0.3, -0.25) is 0 Å². The molecular weight excluding hydrogens is 280 g/mol. The van der Waals surface area contributed by atoms with Crippen LogP contribution in [0.15, 0.2) is 0 Å². The van der Waals surface area contributed by atoms with Gasteiger partial charge in [-0.25, -0.2) is 0 Å². The largest absolute Gasteiger partial charge is 0.394 e. The van der Waals surface area contributed by atoms with Crippen molar-refractivity contribution >= 4 is 18.9 Å². The van der Waals surface area contributed by atoms with Crippen molar-refractivity contribution in [2.75, 3.05) is 19.8 Å². The molecule has 7 N–H and O–H groups in total. The first-order chi connectivity index (χ1) is 9.33. The van der Waals surface area contributed by atoms with Crippen molar-refractivity contribution in [1.82, 2.24) is 0 Å². The number of hydrogen-bond acceptors (Lipinski definition) is 10. The van der Waals surface area contributed by atoms with E-state index in [0.717, 1.165) is 0 Å². The lowest BCUT2D eigenvalue weighted by atomic mass is 10.2. The molecule has 0 rings (SSSR count). The lowest BCUT2D eigenvalue weighted by Gasteiger charge is -2.06. The average Bonchev–Trinajstić information content (AvgIpc) is 2.52. The summed E-state index contributed by atoms with van der Waals surface area (Å²) < 4.78 is 0. The van der Waals surface area contributed by atoms with E-state index in [1.807, 2.05) is 0 Å². The fraction of sp³-hybridized carbons (Fsp3) is 0.700. The van der Waals surface area contributed by atoms with Gasteiger partial charge < -0.3 is 50.1 Å². The molecule has 0 radical (unpaired) electrons. The zero-order chi connectivity index (χ0) is 16.6. The maximum atomic E-state index is 9.58. The number of aldehydes is 3. The Kier molecular flexibility index (Phi) is 21.1. The second-order valence-electron chi connectivity index (χ2n) is 3.15. The van der Waals surface area contributed by atoms with Crippen LogP contribution in [0.1, 0.15) is 0 Å². The van der Waals surface area contributed by atoms with E-state index in [2.05, 4.69) is 0 Å². The van der Waals surface area contributed by atoms with Crippen molar-refractivity contribution in [3.8, 4) is 0 Å². The molecule has 0 aromatic heterocycles. The van der Waals surface area contributed by atoms with Gasteiger partial charge in [0.2, 0.25) is 0 Å². The lowest BCUT2D eigenvalue weighted by molar-refractivity contribution is -0.121. The normalized spacial score (nSPS) is 15.2. The molecule has 0 spiro atoms. The first-order valence-corrected chi connectivity index (χ1v) is 5.25. The van der Waals surface area contributed by atoms with Gasteiger partial charge >= 0.3 is 0 Å². The first kappa shape index (κ1) is 23.8. The van der Waals surface area contributed by atoms with E-state index in [9.17, 15) is 14.4 Å². The number of carbonyl (C=O) groups is 3. The summed E-state index contributed by atoms with van der Waals surface area (Å²) in [5.74, 6) is 0. The molecule has 0 saturated carbocycles. The molecule has 0 fully saturated rings. The Morgan fingerprint density at radius 2 is 1.00 bits per heavy atom. The Hall–Kier alpha value is -1.27. The molecule has 0 amide bonds. The Balaban J connectivity index is -0.000000221. The monoisotopic (exact) mass is 300 g/mol. The molecule has 20 heavy (non-hydrogen) atoms. The van der Waals surface area contributed by atoms with Crippen LogP contribution in [0, 0.1) is 0 Å². The quantitative estimate of drug-likeness (QED) is 0.224. The van der Waals surface area contributed by atoms with Crippen LogP contribution in [0.5, 0.6) is 0 Å². The highest BCUT2D eigenvalue weighted by Crippen LogP contribution is 1.85. The van der Waals surface area contributed by atoms with Crippen LogP contribution in [-0.4, -0.2) is 98.8 Å². The van der Waals surface area contributed by atoms with Crippen LogP contribution in [0.2, 0.25) is 0 Å². The summed E-state index contributed by atoms with van der Waals surface area (Å²) in [6.45, 7) is -1.56. The third kappa shape index (κ3) is 19.1. The average molecular weight is 300 g/mol. The van der Waals surface area contributed by atoms with Gasteiger partial charge in [-0.05, 0) is 0 Å². The second-order valence-corrected chi connectivity index (χ2v) is 3.15. The molecule has 10 heteroatoms. The molecule has 0 saturated heterocycles. The zero-order valence-electron chi connectivity index (χ0n) is 10.5. The Morgan fingerprint density at radius 1 is 0.650 bits per heavy atom. The highest BCUT2D eigenvalue weighted by molar-refractivity contribution is 5.56. The van der Waals surface area contributed by atoms with Crippen LogP contribution in [0.3, 0.4) is 0 Å². The van der Waals surface area contributed by atoms with Crippen molar-refractivity contribution in [1.29, 1.82) is 0 Å². The predicted molar refractivity (Wildman–Crippen MR) is 63.5 cm³/mol. The van der Waals surface area contributed by atoms with Crippen LogP contribution in [-0.2, 0) is 14.4 Å². The molecule has 0 aliphatic rings. The minimum absolute atomic E-state index is 0.168. The van der Waals surface area contributed by atoms with Gasteiger partial charge in [-0.2, -0.15) is 0 Å². The lowest BCUT2D eigenvalue weighted by Crippen LogP contribution is -2.30. The standard InChI is InChI=1S/C4H8O4.2C3H6O3/c5-1-3(7)4(8)2-6;2*4-1-3(6)2-5/h1,3-4,6-8H,2H2;2*1,3,5-6H,2H2/t3-,4-;2*3-/m010/s1. The topological polar surface area (TPSA) is 193 Å². The van der Waals surface area contributed by atoms with Crippen molar-refractivity contribution < 1.29 is 50.1 Å². The summed E-state index contributed by atoms with van der Waals surface area (Å²) in [5, 5.41) is 56.6. The van der Waals surface area contributed by atoms with Gasteiger partial charge in [0.15, 0.2) is 18.9 Å². The molecule has 0 heterocycles. The van der Waals surface area contributed by atoms with Crippen LogP contribution < -0.4 is 0 Å². The molecular formula is C10H20O10. The minimum atomic E-state index is -1.46. The number of aliphatic hydroxyl groups excluding tert-OH is 7. The molecule has 0 aromatic rings. The van der Waals surface area contributed by atoms with E-state index in [1.165, 1.54) is 0 Å². The summed E-state index contributed by atoms with van der Waals surface area (Å²) >= 11 is 0. The summed E-state index contributed by atoms with van der Waals surface area (Å²) in [6, 6.07) is 0. The maximum absolute atomic E-state index is 9.58. The maximum Gasteiger partial charge on any atom is 0.151 e. The van der Waals surface area contributed by atoms with Crippen LogP contribution in [0.25, 0.3) is 0 Å². The summed E-state index contributed by atoms with van der Waals surface area (Å²) in [4.78, 5) is 28.2. The third-order valence-electron chi connectivity index (χ3n) is 1.41. The van der Waals surface area contributed by atoms with Gasteiger partial charge in [-0.1, -0.05) is 0 Å². The highest BCUT2D eigenvalue weighted by atomic mass is 16.4. The van der Waals surface area contributed by atoms with Gasteiger partial charge in [0, 0.05) is 0 Å². The Labute approximate surface area is 114 Å². The summed E-state index contributed by atoms with van der Waals surface area (Å²) in [7, 11) is 0. The fourth-order valence-corrected chi connectivity index (χ4v) is 0.285. The van der Waals surface area contributed by atoms with E-state index in [4.69, 9.17) is 35.7 Å². The van der Waals surface area contributed by atoms with E-state index >= 15 is 0 Å². The predicted octanol–water partition coefficient (Wildman–Crippen LogP) is -5.02. The molecule has 10 nitrogen and oxygen atoms in total. The Morgan fingerprint density at radius 3 is 1.05 bits per heavy atom. The minimum Gasteiger partial charge on any atom is -0.394 e. The van der Waals surface area contributed by atoms with Crippen molar-refractivity contribution in [2.24, 2.45) is 0 Å². The van der Waals surface area contributed by atoms with Crippen molar-refractivity contribution in [2.45, 2.75) is 24.4 Å². The smallest absolute Gasteiger partial charge is 0.151 e. The van der Waals surface area contributed by atoms with E-state index in [0.29, 0.717) is 0 Å². The van der Waals surface area contributed by atoms with Crippen molar-refractivity contribution in [3.63, 3.8) is 0 Å². The summed E-state index contributed by atoms with van der Waals surface area (Å²) in [5.41, 5.74) is 0. The summed E-state index contributed by atoms with van der Waals surface area (Å²) in [6.07, 6.45) is -4.46.